The molecule has 4 aromatic rings. The van der Waals surface area contributed by atoms with E-state index >= 15 is 0 Å². The molecule has 1 heterocycles. The number of benzene rings is 3. The molecule has 0 aliphatic rings. The molecule has 0 atom stereocenters. The third-order valence-corrected chi connectivity index (χ3v) is 5.62. The van der Waals surface area contributed by atoms with E-state index in [2.05, 4.69) is 5.32 Å². The number of rotatable bonds is 8. The summed E-state index contributed by atoms with van der Waals surface area (Å²) in [6.07, 6.45) is 1.35. The molecule has 0 spiro atoms. The summed E-state index contributed by atoms with van der Waals surface area (Å²) in [5.74, 6) is -0.153. The van der Waals surface area contributed by atoms with Gasteiger partial charge in [-0.1, -0.05) is 0 Å². The van der Waals surface area contributed by atoms with E-state index in [1.165, 1.54) is 62.4 Å². The molecule has 4 rings (SSSR count). The first-order chi connectivity index (χ1) is 17.3. The van der Waals surface area contributed by atoms with Crippen LogP contribution in [0.4, 0.5) is 10.1 Å². The van der Waals surface area contributed by atoms with Crippen molar-refractivity contribution in [3.8, 4) is 17.2 Å². The van der Waals surface area contributed by atoms with Gasteiger partial charge in [0.05, 0.1) is 37.8 Å². The molecule has 0 aliphatic carbocycles. The minimum atomic E-state index is -0.512. The largest absolute Gasteiger partial charge is 0.497 e. The first kappa shape index (κ1) is 24.5. The van der Waals surface area contributed by atoms with E-state index < -0.39 is 22.9 Å². The summed E-state index contributed by atoms with van der Waals surface area (Å²) in [5, 5.41) is 2.86. The number of hydrogen-bond acceptors (Lipinski definition) is 6. The zero-order chi connectivity index (χ0) is 25.8. The van der Waals surface area contributed by atoms with Crippen molar-refractivity contribution in [3.63, 3.8) is 0 Å². The van der Waals surface area contributed by atoms with Gasteiger partial charge in [-0.25, -0.2) is 4.39 Å². The molecule has 0 radical (unpaired) electrons. The van der Waals surface area contributed by atoms with Gasteiger partial charge in [0, 0.05) is 23.5 Å². The van der Waals surface area contributed by atoms with Crippen LogP contribution in [0.1, 0.15) is 15.9 Å². The lowest BCUT2D eigenvalue weighted by Gasteiger charge is -2.16. The minimum Gasteiger partial charge on any atom is -0.497 e. The van der Waals surface area contributed by atoms with Gasteiger partial charge in [0.1, 0.15) is 18.1 Å². The number of ketones is 1. The van der Waals surface area contributed by atoms with Crippen molar-refractivity contribution >= 4 is 28.3 Å². The second-order valence-corrected chi connectivity index (χ2v) is 7.84. The summed E-state index contributed by atoms with van der Waals surface area (Å²) < 4.78 is 30.5. The highest BCUT2D eigenvalue weighted by Crippen LogP contribution is 2.31. The topological polar surface area (TPSA) is 95.9 Å². The fourth-order valence-corrected chi connectivity index (χ4v) is 3.80. The number of fused-ring (bicyclic) bond motifs is 1. The Morgan fingerprint density at radius 1 is 0.889 bits per heavy atom. The number of nitrogens with zero attached hydrogens (tertiary/aromatic N) is 1. The quantitative estimate of drug-likeness (QED) is 0.375. The molecule has 0 unspecified atom stereocenters. The van der Waals surface area contributed by atoms with Crippen molar-refractivity contribution in [3.05, 3.63) is 94.0 Å². The van der Waals surface area contributed by atoms with Crippen molar-refractivity contribution < 1.29 is 28.2 Å². The van der Waals surface area contributed by atoms with E-state index in [0.717, 1.165) is 0 Å². The molecule has 0 aliphatic heterocycles. The smallest absolute Gasteiger partial charge is 0.244 e. The Labute approximate surface area is 205 Å². The van der Waals surface area contributed by atoms with E-state index in [4.69, 9.17) is 14.2 Å². The number of carbonyl (C=O) groups excluding carboxylic acids is 2. The molecule has 0 saturated heterocycles. The third-order valence-electron chi connectivity index (χ3n) is 5.62. The van der Waals surface area contributed by atoms with E-state index in [1.54, 1.807) is 30.3 Å². The molecule has 0 saturated carbocycles. The molecule has 36 heavy (non-hydrogen) atoms. The number of aromatic nitrogens is 1. The number of halogens is 1. The van der Waals surface area contributed by atoms with Crippen LogP contribution in [0.5, 0.6) is 17.2 Å². The summed E-state index contributed by atoms with van der Waals surface area (Å²) in [7, 11) is 4.40. The highest BCUT2D eigenvalue weighted by atomic mass is 19.1. The van der Waals surface area contributed by atoms with Crippen LogP contribution in [0.25, 0.3) is 10.9 Å². The number of amides is 1. The summed E-state index contributed by atoms with van der Waals surface area (Å²) in [4.78, 5) is 39.5. The second kappa shape index (κ2) is 10.3. The molecule has 8 nitrogen and oxygen atoms in total. The summed E-state index contributed by atoms with van der Waals surface area (Å²) in [5.41, 5.74) is 0.435. The molecule has 1 amide bonds. The van der Waals surface area contributed by atoms with Crippen molar-refractivity contribution in [1.82, 2.24) is 4.57 Å². The second-order valence-electron chi connectivity index (χ2n) is 7.84. The highest BCUT2D eigenvalue weighted by Gasteiger charge is 2.20. The van der Waals surface area contributed by atoms with Crippen LogP contribution in [0.3, 0.4) is 0 Å². The maximum atomic E-state index is 13.4. The number of ether oxygens (including phenoxy) is 3. The number of hydrogen-bond donors (Lipinski definition) is 1. The van der Waals surface area contributed by atoms with Gasteiger partial charge >= 0.3 is 0 Å². The SMILES string of the molecule is COc1ccc(C(=O)c2cn(CC(=O)Nc3ccc(F)cc3)c3cc(OC)c(OC)cc3c2=O)cc1. The zero-order valence-corrected chi connectivity index (χ0v) is 19.8. The van der Waals surface area contributed by atoms with Gasteiger partial charge in [-0.05, 0) is 54.6 Å². The number of anilines is 1. The molecule has 0 bridgehead atoms. The van der Waals surface area contributed by atoms with E-state index in [0.29, 0.717) is 28.5 Å². The number of nitrogens with one attached hydrogen (secondary N) is 1. The average Bonchev–Trinajstić information content (AvgIpc) is 2.90. The molecular weight excluding hydrogens is 467 g/mol. The van der Waals surface area contributed by atoms with Gasteiger partial charge in [-0.15, -0.1) is 0 Å². The third kappa shape index (κ3) is 4.90. The Balaban J connectivity index is 1.81. The van der Waals surface area contributed by atoms with Gasteiger partial charge in [-0.3, -0.25) is 14.4 Å². The minimum absolute atomic E-state index is 0.116. The summed E-state index contributed by atoms with van der Waals surface area (Å²) in [6.45, 7) is -0.230. The fourth-order valence-electron chi connectivity index (χ4n) is 3.80. The Kier molecular flexibility index (Phi) is 7.00. The molecule has 184 valence electrons. The Hall–Kier alpha value is -4.66. The first-order valence-corrected chi connectivity index (χ1v) is 10.9. The van der Waals surface area contributed by atoms with E-state index in [9.17, 15) is 18.8 Å². The summed E-state index contributed by atoms with van der Waals surface area (Å²) in [6, 6.07) is 14.7. The van der Waals surface area contributed by atoms with Crippen molar-refractivity contribution in [1.29, 1.82) is 0 Å². The van der Waals surface area contributed by atoms with Crippen LogP contribution >= 0.6 is 0 Å². The predicted molar refractivity (Wildman–Crippen MR) is 133 cm³/mol. The molecule has 1 N–H and O–H groups in total. The van der Waals surface area contributed by atoms with Crippen LogP contribution in [0.2, 0.25) is 0 Å². The standard InChI is InChI=1S/C27H23FN2O6/c1-34-19-10-4-16(5-11-19)26(32)21-14-30(15-25(31)29-18-8-6-17(28)7-9-18)22-13-24(36-3)23(35-2)12-20(22)27(21)33/h4-14H,15H2,1-3H3,(H,29,31). The van der Waals surface area contributed by atoms with Crippen LogP contribution < -0.4 is 25.0 Å². The predicted octanol–water partition coefficient (Wildman–Crippen LogP) is 4.04. The first-order valence-electron chi connectivity index (χ1n) is 10.9. The van der Waals surface area contributed by atoms with Crippen LogP contribution in [-0.4, -0.2) is 37.6 Å². The van der Waals surface area contributed by atoms with Gasteiger partial charge < -0.3 is 24.1 Å². The van der Waals surface area contributed by atoms with E-state index in [-0.39, 0.29) is 23.1 Å². The number of pyridine rings is 1. The molecule has 0 fully saturated rings. The molecule has 1 aromatic heterocycles. The molecular formula is C27H23FN2O6. The lowest BCUT2D eigenvalue weighted by atomic mass is 10.0. The normalized spacial score (nSPS) is 10.7. The maximum absolute atomic E-state index is 13.4. The summed E-state index contributed by atoms with van der Waals surface area (Å²) >= 11 is 0. The van der Waals surface area contributed by atoms with E-state index in [1.807, 2.05) is 0 Å². The molecule has 9 heteroatoms. The van der Waals surface area contributed by atoms with Crippen molar-refractivity contribution in [2.45, 2.75) is 6.54 Å². The van der Waals surface area contributed by atoms with Gasteiger partial charge in [0.25, 0.3) is 0 Å². The zero-order valence-electron chi connectivity index (χ0n) is 19.8. The number of carbonyl (C=O) groups is 2. The highest BCUT2D eigenvalue weighted by molar-refractivity contribution is 6.10. The van der Waals surface area contributed by atoms with Gasteiger partial charge in [0.15, 0.2) is 17.3 Å². The van der Waals surface area contributed by atoms with Gasteiger partial charge in [-0.2, -0.15) is 0 Å². The Bertz CT molecular complexity index is 1490. The van der Waals surface area contributed by atoms with Crippen LogP contribution in [0, 0.1) is 5.82 Å². The Morgan fingerprint density at radius 2 is 1.53 bits per heavy atom. The Morgan fingerprint density at radius 3 is 2.14 bits per heavy atom. The van der Waals surface area contributed by atoms with Crippen molar-refractivity contribution in [2.75, 3.05) is 26.6 Å². The average molecular weight is 490 g/mol. The number of methoxy groups -OCH3 is 3. The van der Waals surface area contributed by atoms with Crippen LogP contribution in [0.15, 0.2) is 71.7 Å². The van der Waals surface area contributed by atoms with Gasteiger partial charge in [0.2, 0.25) is 11.3 Å². The maximum Gasteiger partial charge on any atom is 0.244 e. The lowest BCUT2D eigenvalue weighted by Crippen LogP contribution is -2.24. The monoisotopic (exact) mass is 490 g/mol. The molecule has 3 aromatic carbocycles. The lowest BCUT2D eigenvalue weighted by molar-refractivity contribution is -0.116. The van der Waals surface area contributed by atoms with Crippen molar-refractivity contribution in [2.24, 2.45) is 0 Å². The fraction of sp³-hybridized carbons (Fsp3) is 0.148. The van der Waals surface area contributed by atoms with Crippen LogP contribution in [-0.2, 0) is 11.3 Å².